The Morgan fingerprint density at radius 1 is 1.36 bits per heavy atom. The van der Waals surface area contributed by atoms with E-state index in [9.17, 15) is 9.90 Å². The second kappa shape index (κ2) is 7.35. The van der Waals surface area contributed by atoms with Crippen molar-refractivity contribution in [3.8, 4) is 0 Å². The highest BCUT2D eigenvalue weighted by Gasteiger charge is 2.33. The maximum atomic E-state index is 12.7. The monoisotopic (exact) mass is 382 g/mol. The third kappa shape index (κ3) is 3.64. The summed E-state index contributed by atoms with van der Waals surface area (Å²) in [6.45, 7) is 5.99. The number of hydrogen-bond donors (Lipinski definition) is 3. The van der Waals surface area contributed by atoms with Crippen LogP contribution >= 0.6 is 0 Å². The van der Waals surface area contributed by atoms with Gasteiger partial charge in [-0.05, 0) is 50.3 Å². The third-order valence-corrected chi connectivity index (χ3v) is 5.29. The number of aliphatic hydroxyl groups is 1. The zero-order chi connectivity index (χ0) is 19.8. The molecular formula is C20H26N6O2. The summed E-state index contributed by atoms with van der Waals surface area (Å²) < 4.78 is 1.78. The Morgan fingerprint density at radius 3 is 2.82 bits per heavy atom. The van der Waals surface area contributed by atoms with Gasteiger partial charge in [0, 0.05) is 22.7 Å². The maximum Gasteiger partial charge on any atom is 0.251 e. The molecule has 28 heavy (non-hydrogen) atoms. The molecule has 8 nitrogen and oxygen atoms in total. The Bertz CT molecular complexity index is 984. The average molecular weight is 382 g/mol. The van der Waals surface area contributed by atoms with Crippen LogP contribution in [0.15, 0.2) is 24.4 Å². The first-order valence-electron chi connectivity index (χ1n) is 9.78. The minimum Gasteiger partial charge on any atom is -0.387 e. The van der Waals surface area contributed by atoms with Crippen molar-refractivity contribution in [3.05, 3.63) is 41.3 Å². The number of nitrogens with one attached hydrogen (secondary N) is 2. The van der Waals surface area contributed by atoms with Crippen LogP contribution in [0.3, 0.4) is 0 Å². The fourth-order valence-corrected chi connectivity index (χ4v) is 3.62. The predicted octanol–water partition coefficient (Wildman–Crippen LogP) is 2.54. The summed E-state index contributed by atoms with van der Waals surface area (Å²) in [4.78, 5) is 12.7. The quantitative estimate of drug-likeness (QED) is 0.607. The van der Waals surface area contributed by atoms with Crippen LogP contribution in [-0.4, -0.2) is 42.2 Å². The molecule has 0 spiro atoms. The second-order valence-electron chi connectivity index (χ2n) is 8.13. The van der Waals surface area contributed by atoms with Gasteiger partial charge in [-0.2, -0.15) is 5.10 Å². The van der Waals surface area contributed by atoms with E-state index in [1.54, 1.807) is 17.8 Å². The Balaban J connectivity index is 1.39. The molecule has 4 rings (SSSR count). The predicted molar refractivity (Wildman–Crippen MR) is 105 cm³/mol. The van der Waals surface area contributed by atoms with Crippen LogP contribution in [0.5, 0.6) is 0 Å². The van der Waals surface area contributed by atoms with Crippen molar-refractivity contribution < 1.29 is 9.90 Å². The minimum atomic E-state index is -0.622. The zero-order valence-electron chi connectivity index (χ0n) is 16.4. The number of aliphatic hydroxyl groups excluding tert-OH is 1. The van der Waals surface area contributed by atoms with E-state index >= 15 is 0 Å². The molecule has 0 saturated heterocycles. The first-order valence-corrected chi connectivity index (χ1v) is 9.78. The summed E-state index contributed by atoms with van der Waals surface area (Å²) in [6, 6.07) is 5.96. The smallest absolute Gasteiger partial charge is 0.251 e. The summed E-state index contributed by atoms with van der Waals surface area (Å²) in [5, 5.41) is 29.1. The number of rotatable bonds is 6. The van der Waals surface area contributed by atoms with Gasteiger partial charge in [-0.15, -0.1) is 5.10 Å². The Labute approximate surface area is 163 Å². The van der Waals surface area contributed by atoms with Crippen LogP contribution in [0.25, 0.3) is 10.9 Å². The van der Waals surface area contributed by atoms with Crippen LogP contribution in [-0.2, 0) is 6.42 Å². The highest BCUT2D eigenvalue weighted by Crippen LogP contribution is 2.32. The lowest BCUT2D eigenvalue weighted by Gasteiger charge is -2.35. The van der Waals surface area contributed by atoms with E-state index in [0.29, 0.717) is 17.2 Å². The molecule has 1 saturated carbocycles. The van der Waals surface area contributed by atoms with Gasteiger partial charge in [-0.25, -0.2) is 4.68 Å². The number of benzene rings is 1. The van der Waals surface area contributed by atoms with Crippen molar-refractivity contribution in [2.75, 3.05) is 0 Å². The van der Waals surface area contributed by atoms with Crippen molar-refractivity contribution in [2.45, 2.75) is 58.2 Å². The first-order chi connectivity index (χ1) is 13.4. The Morgan fingerprint density at radius 2 is 2.14 bits per heavy atom. The average Bonchev–Trinajstić information content (AvgIpc) is 3.24. The highest BCUT2D eigenvalue weighted by molar-refractivity contribution is 5.98. The fourth-order valence-electron chi connectivity index (χ4n) is 3.62. The lowest BCUT2D eigenvalue weighted by Crippen LogP contribution is -2.45. The number of aromatic nitrogens is 5. The zero-order valence-corrected chi connectivity index (χ0v) is 16.4. The van der Waals surface area contributed by atoms with E-state index in [1.807, 2.05) is 18.2 Å². The molecule has 3 aromatic rings. The summed E-state index contributed by atoms with van der Waals surface area (Å²) >= 11 is 0. The number of aromatic amines is 1. The molecule has 0 radical (unpaired) electrons. The van der Waals surface area contributed by atoms with E-state index in [2.05, 4.69) is 39.7 Å². The molecule has 2 aromatic heterocycles. The molecule has 0 aliphatic heterocycles. The SMILES string of the molecule is CC(C)Cc1[nH]nc2ccc(C(=O)NC3CC(n4cc(C(C)O)nn4)C3)cc12. The van der Waals surface area contributed by atoms with Crippen molar-refractivity contribution >= 4 is 16.8 Å². The van der Waals surface area contributed by atoms with Crippen LogP contribution in [0.4, 0.5) is 0 Å². The number of H-pyrrole nitrogens is 1. The van der Waals surface area contributed by atoms with Gasteiger partial charge in [0.25, 0.3) is 5.91 Å². The molecule has 8 heteroatoms. The van der Waals surface area contributed by atoms with Crippen molar-refractivity contribution in [3.63, 3.8) is 0 Å². The van der Waals surface area contributed by atoms with Crippen LogP contribution < -0.4 is 5.32 Å². The normalized spacial score (nSPS) is 20.3. The molecule has 0 bridgehead atoms. The van der Waals surface area contributed by atoms with Crippen LogP contribution in [0.1, 0.15) is 67.5 Å². The van der Waals surface area contributed by atoms with E-state index < -0.39 is 6.10 Å². The topological polar surface area (TPSA) is 109 Å². The van der Waals surface area contributed by atoms with Gasteiger partial charge in [-0.3, -0.25) is 9.89 Å². The van der Waals surface area contributed by atoms with Gasteiger partial charge >= 0.3 is 0 Å². The van der Waals surface area contributed by atoms with E-state index in [-0.39, 0.29) is 18.0 Å². The lowest BCUT2D eigenvalue weighted by molar-refractivity contribution is 0.0888. The molecule has 148 valence electrons. The summed E-state index contributed by atoms with van der Waals surface area (Å²) in [5.41, 5.74) is 3.18. The molecule has 1 aromatic carbocycles. The Hall–Kier alpha value is -2.74. The Kier molecular flexibility index (Phi) is 4.89. The van der Waals surface area contributed by atoms with Crippen molar-refractivity contribution in [1.29, 1.82) is 0 Å². The number of fused-ring (bicyclic) bond motifs is 1. The number of hydrogen-bond acceptors (Lipinski definition) is 5. The first kappa shape index (κ1) is 18.6. The number of amides is 1. The second-order valence-corrected chi connectivity index (χ2v) is 8.13. The molecule has 1 amide bonds. The van der Waals surface area contributed by atoms with Crippen LogP contribution in [0, 0.1) is 5.92 Å². The molecule has 1 fully saturated rings. The van der Waals surface area contributed by atoms with E-state index in [0.717, 1.165) is 35.9 Å². The molecule has 1 atom stereocenters. The van der Waals surface area contributed by atoms with Crippen LogP contribution in [0.2, 0.25) is 0 Å². The van der Waals surface area contributed by atoms with Gasteiger partial charge in [-0.1, -0.05) is 19.1 Å². The van der Waals surface area contributed by atoms with Gasteiger partial charge in [0.05, 0.1) is 23.9 Å². The van der Waals surface area contributed by atoms with Crippen molar-refractivity contribution in [1.82, 2.24) is 30.5 Å². The van der Waals surface area contributed by atoms with Gasteiger partial charge in [0.1, 0.15) is 5.69 Å². The van der Waals surface area contributed by atoms with Gasteiger partial charge < -0.3 is 10.4 Å². The molecule has 3 N–H and O–H groups in total. The number of carbonyl (C=O) groups is 1. The number of carbonyl (C=O) groups excluding carboxylic acids is 1. The van der Waals surface area contributed by atoms with Crippen molar-refractivity contribution in [2.24, 2.45) is 5.92 Å². The lowest BCUT2D eigenvalue weighted by atomic mass is 9.86. The molecule has 1 aliphatic rings. The largest absolute Gasteiger partial charge is 0.387 e. The molecule has 1 aliphatic carbocycles. The summed E-state index contributed by atoms with van der Waals surface area (Å²) in [7, 11) is 0. The standard InChI is InChI=1S/C20H26N6O2/c1-11(2)6-18-16-7-13(4-5-17(16)22-23-18)20(28)21-14-8-15(9-14)26-10-19(12(3)27)24-25-26/h4-5,7,10-12,14-15,27H,6,8-9H2,1-3H3,(H,21,28)(H,22,23). The minimum absolute atomic E-state index is 0.0645. The number of nitrogens with zero attached hydrogens (tertiary/aromatic N) is 4. The van der Waals surface area contributed by atoms with Gasteiger partial charge in [0.15, 0.2) is 0 Å². The summed E-state index contributed by atoms with van der Waals surface area (Å²) in [6.07, 6.45) is 3.67. The highest BCUT2D eigenvalue weighted by atomic mass is 16.3. The summed E-state index contributed by atoms with van der Waals surface area (Å²) in [5.74, 6) is 0.449. The maximum absolute atomic E-state index is 12.7. The fraction of sp³-hybridized carbons (Fsp3) is 0.500. The molecule has 1 unspecified atom stereocenters. The molecule has 2 heterocycles. The van der Waals surface area contributed by atoms with E-state index in [1.165, 1.54) is 0 Å². The van der Waals surface area contributed by atoms with E-state index in [4.69, 9.17) is 0 Å². The third-order valence-electron chi connectivity index (χ3n) is 5.29. The van der Waals surface area contributed by atoms with Gasteiger partial charge in [0.2, 0.25) is 0 Å². The molecular weight excluding hydrogens is 356 g/mol.